The van der Waals surface area contributed by atoms with Crippen LogP contribution in [0.15, 0.2) is 31.6 Å². The average Bonchev–Trinajstić information content (AvgIpc) is 3.39. The van der Waals surface area contributed by atoms with Gasteiger partial charge in [-0.3, -0.25) is 24.5 Å². The number of nitrogens with zero attached hydrogens (tertiary/aromatic N) is 2. The molecular formula is C22H31N5O8. The first-order valence-corrected chi connectivity index (χ1v) is 11.7. The first-order chi connectivity index (χ1) is 16.7. The molecule has 4 heterocycles. The summed E-state index contributed by atoms with van der Waals surface area (Å²) in [7, 11) is 0. The maximum Gasteiger partial charge on any atom is 0.330 e. The van der Waals surface area contributed by atoms with Crippen molar-refractivity contribution in [3.63, 3.8) is 0 Å². The van der Waals surface area contributed by atoms with Crippen LogP contribution in [0, 0.1) is 19.8 Å². The predicted molar refractivity (Wildman–Crippen MR) is 123 cm³/mol. The molecule has 13 nitrogen and oxygen atoms in total. The van der Waals surface area contributed by atoms with Crippen molar-refractivity contribution in [3.8, 4) is 0 Å². The van der Waals surface area contributed by atoms with Crippen LogP contribution in [0.2, 0.25) is 0 Å². The van der Waals surface area contributed by atoms with Gasteiger partial charge in [0.05, 0.1) is 18.8 Å². The molecule has 2 fully saturated rings. The highest BCUT2D eigenvalue weighted by molar-refractivity contribution is 5.03. The molecule has 2 aliphatic rings. The van der Waals surface area contributed by atoms with Gasteiger partial charge in [-0.25, -0.2) is 14.2 Å². The van der Waals surface area contributed by atoms with Crippen molar-refractivity contribution < 1.29 is 19.7 Å². The third-order valence-corrected chi connectivity index (χ3v) is 6.67. The lowest BCUT2D eigenvalue weighted by atomic mass is 9.95. The number of aliphatic hydroxyl groups is 2. The molecule has 35 heavy (non-hydrogen) atoms. The molecule has 0 aliphatic carbocycles. The van der Waals surface area contributed by atoms with Crippen molar-refractivity contribution in [3.05, 3.63) is 65.2 Å². The van der Waals surface area contributed by atoms with E-state index in [0.29, 0.717) is 36.9 Å². The van der Waals surface area contributed by atoms with E-state index in [9.17, 15) is 29.4 Å². The van der Waals surface area contributed by atoms with Gasteiger partial charge in [0, 0.05) is 29.9 Å². The highest BCUT2D eigenvalue weighted by atomic mass is 16.5. The summed E-state index contributed by atoms with van der Waals surface area (Å²) in [5, 5.41) is 23.2. The monoisotopic (exact) mass is 493 g/mol. The second kappa shape index (κ2) is 10.4. The zero-order chi connectivity index (χ0) is 25.3. The van der Waals surface area contributed by atoms with Gasteiger partial charge in [-0.2, -0.15) is 0 Å². The number of hydrogen-bond acceptors (Lipinski definition) is 9. The quantitative estimate of drug-likeness (QED) is 0.276. The van der Waals surface area contributed by atoms with Crippen LogP contribution < -0.4 is 27.8 Å². The van der Waals surface area contributed by atoms with Gasteiger partial charge in [0.25, 0.3) is 11.1 Å². The number of nitrogens with one attached hydrogen (secondary N) is 3. The molecule has 0 saturated carbocycles. The van der Waals surface area contributed by atoms with E-state index < -0.39 is 53.4 Å². The van der Waals surface area contributed by atoms with Crippen LogP contribution >= 0.6 is 0 Å². The molecule has 2 aromatic rings. The number of H-pyrrole nitrogens is 2. The second-order valence-corrected chi connectivity index (χ2v) is 9.15. The number of aliphatic hydroxyl groups excluding tert-OH is 2. The molecule has 5 N–H and O–H groups in total. The fourth-order valence-corrected chi connectivity index (χ4v) is 4.70. The molecule has 4 rings (SSSR count). The summed E-state index contributed by atoms with van der Waals surface area (Å²) in [5.74, 6) is -0.0162. The number of rotatable bonds is 8. The van der Waals surface area contributed by atoms with E-state index in [0.717, 1.165) is 4.57 Å². The minimum atomic E-state index is -0.897. The molecule has 2 aromatic heterocycles. The molecule has 0 radical (unpaired) electrons. The molecule has 13 heteroatoms. The lowest BCUT2D eigenvalue weighted by molar-refractivity contribution is -0.0402. The lowest BCUT2D eigenvalue weighted by Gasteiger charge is -2.19. The molecule has 192 valence electrons. The van der Waals surface area contributed by atoms with Crippen LogP contribution in [0.4, 0.5) is 0 Å². The molecule has 0 spiro atoms. The lowest BCUT2D eigenvalue weighted by Crippen LogP contribution is -2.40. The zero-order valence-corrected chi connectivity index (χ0v) is 19.6. The van der Waals surface area contributed by atoms with Gasteiger partial charge in [-0.05, 0) is 45.6 Å². The molecule has 0 bridgehead atoms. The molecule has 2 saturated heterocycles. The second-order valence-electron chi connectivity index (χ2n) is 9.15. The van der Waals surface area contributed by atoms with Crippen LogP contribution in [0.3, 0.4) is 0 Å². The van der Waals surface area contributed by atoms with E-state index in [1.54, 1.807) is 13.8 Å². The smallest absolute Gasteiger partial charge is 0.330 e. The Labute approximate surface area is 199 Å². The normalized spacial score (nSPS) is 28.6. The van der Waals surface area contributed by atoms with Gasteiger partial charge in [0.2, 0.25) is 0 Å². The Hall–Kier alpha value is -2.84. The van der Waals surface area contributed by atoms with Crippen LogP contribution in [0.5, 0.6) is 0 Å². The third-order valence-electron chi connectivity index (χ3n) is 6.67. The fraction of sp³-hybridized carbons (Fsp3) is 0.636. The first kappa shape index (κ1) is 25.3. The van der Waals surface area contributed by atoms with E-state index in [-0.39, 0.29) is 18.9 Å². The summed E-state index contributed by atoms with van der Waals surface area (Å²) in [6, 6.07) is 0. The van der Waals surface area contributed by atoms with Crippen molar-refractivity contribution in [2.24, 2.45) is 5.92 Å². The van der Waals surface area contributed by atoms with Crippen LogP contribution in [-0.2, 0) is 9.47 Å². The summed E-state index contributed by atoms with van der Waals surface area (Å²) < 4.78 is 13.9. The predicted octanol–water partition coefficient (Wildman–Crippen LogP) is -1.42. The van der Waals surface area contributed by atoms with Crippen LogP contribution in [-0.4, -0.2) is 60.9 Å². The molecule has 0 aromatic carbocycles. The highest BCUT2D eigenvalue weighted by Gasteiger charge is 2.37. The Kier molecular flexibility index (Phi) is 7.52. The Bertz CT molecular complexity index is 1280. The molecule has 3 unspecified atom stereocenters. The summed E-state index contributed by atoms with van der Waals surface area (Å²) in [6.45, 7) is 3.47. The number of aromatic nitrogens is 4. The van der Waals surface area contributed by atoms with E-state index in [2.05, 4.69) is 15.3 Å². The van der Waals surface area contributed by atoms with Gasteiger partial charge in [-0.15, -0.1) is 0 Å². The van der Waals surface area contributed by atoms with E-state index in [4.69, 9.17) is 9.47 Å². The van der Waals surface area contributed by atoms with Crippen molar-refractivity contribution >= 4 is 0 Å². The van der Waals surface area contributed by atoms with Gasteiger partial charge >= 0.3 is 11.4 Å². The van der Waals surface area contributed by atoms with Crippen molar-refractivity contribution in [1.29, 1.82) is 0 Å². The van der Waals surface area contributed by atoms with E-state index in [1.165, 1.54) is 17.0 Å². The maximum absolute atomic E-state index is 12.3. The van der Waals surface area contributed by atoms with Gasteiger partial charge in [0.15, 0.2) is 0 Å². The Morgan fingerprint density at radius 2 is 1.86 bits per heavy atom. The fourth-order valence-electron chi connectivity index (χ4n) is 4.70. The number of hydrogen-bond donors (Lipinski definition) is 5. The first-order valence-electron chi connectivity index (χ1n) is 11.7. The zero-order valence-electron chi connectivity index (χ0n) is 19.6. The van der Waals surface area contributed by atoms with Crippen molar-refractivity contribution in [2.45, 2.75) is 70.4 Å². The minimum absolute atomic E-state index is 0.0162. The summed E-state index contributed by atoms with van der Waals surface area (Å²) in [5.41, 5.74) is -1.30. The van der Waals surface area contributed by atoms with Gasteiger partial charge in [-0.1, -0.05) is 0 Å². The van der Waals surface area contributed by atoms with Crippen molar-refractivity contribution in [2.75, 3.05) is 13.2 Å². The average molecular weight is 494 g/mol. The maximum atomic E-state index is 12.3. The Morgan fingerprint density at radius 3 is 2.60 bits per heavy atom. The molecule has 6 atom stereocenters. The third kappa shape index (κ3) is 5.23. The highest BCUT2D eigenvalue weighted by Crippen LogP contribution is 2.35. The number of ether oxygens (including phenoxy) is 2. The van der Waals surface area contributed by atoms with Gasteiger partial charge < -0.3 is 24.7 Å². The van der Waals surface area contributed by atoms with Gasteiger partial charge in [0.1, 0.15) is 18.7 Å². The molecular weight excluding hydrogens is 462 g/mol. The van der Waals surface area contributed by atoms with Crippen LogP contribution in [0.25, 0.3) is 0 Å². The largest absolute Gasteiger partial charge is 0.394 e. The summed E-state index contributed by atoms with van der Waals surface area (Å²) in [6.07, 6.45) is 1.20. The molecule has 0 amide bonds. The van der Waals surface area contributed by atoms with Crippen molar-refractivity contribution in [1.82, 2.24) is 24.4 Å². The van der Waals surface area contributed by atoms with Crippen LogP contribution in [0.1, 0.15) is 49.3 Å². The van der Waals surface area contributed by atoms with E-state index >= 15 is 0 Å². The summed E-state index contributed by atoms with van der Waals surface area (Å²) >= 11 is 0. The Morgan fingerprint density at radius 1 is 1.09 bits per heavy atom. The van der Waals surface area contributed by atoms with E-state index in [1.807, 2.05) is 0 Å². The number of aryl methyl sites for hydroxylation is 2. The minimum Gasteiger partial charge on any atom is -0.394 e. The summed E-state index contributed by atoms with van der Waals surface area (Å²) in [4.78, 5) is 53.0. The standard InChI is InChI=1S/C22H31N5O8/c1-11-8-24-21(32)27(20(11)31)17-7-14(29)19(35-17)23-5-3-4-13-6-16(34-15(13)10-28)26-9-12(2)18(30)25-22(26)33/h8-9,13-17,19,23,28-29H,3-7,10H2,1-2H3,(H,24,32)(H,25,30,33)/t13-,14?,15+,16+,17?,19?/m0/s1. The molecule has 2 aliphatic heterocycles. The topological polar surface area (TPSA) is 181 Å². The number of aromatic amines is 2. The Balaban J connectivity index is 1.31. The SMILES string of the molecule is Cc1cn([C@H]2C[C@H](CCCNC3OC(n4c(=O)[nH]cc(C)c4=O)CC3O)[C@@H](CO)O2)c(=O)[nH]c1=O.